The first-order valence-corrected chi connectivity index (χ1v) is 9.62. The number of pyridine rings is 1. The molecule has 8 nitrogen and oxygen atoms in total. The lowest BCUT2D eigenvalue weighted by atomic mass is 10.2. The minimum Gasteiger partial charge on any atom is -0.443 e. The van der Waals surface area contributed by atoms with Gasteiger partial charge in [0.05, 0.1) is 22.7 Å². The molecule has 2 heterocycles. The van der Waals surface area contributed by atoms with Gasteiger partial charge in [0.15, 0.2) is 0 Å². The number of carbonyl (C=O) groups is 2. The van der Waals surface area contributed by atoms with Crippen LogP contribution in [0.15, 0.2) is 48.7 Å². The van der Waals surface area contributed by atoms with E-state index < -0.39 is 17.6 Å². The lowest BCUT2D eigenvalue weighted by molar-refractivity contribution is -0.117. The average Bonchev–Trinajstić information content (AvgIpc) is 3.04. The number of nitriles is 1. The predicted octanol–water partition coefficient (Wildman–Crippen LogP) is 3.77. The molecule has 0 unspecified atom stereocenters. The molecular formula is C23H23N5O3. The third-order valence-corrected chi connectivity index (χ3v) is 4.23. The number of benzene rings is 1. The van der Waals surface area contributed by atoms with Crippen LogP contribution >= 0.6 is 0 Å². The second kappa shape index (κ2) is 8.71. The van der Waals surface area contributed by atoms with Crippen molar-refractivity contribution in [1.82, 2.24) is 20.4 Å². The summed E-state index contributed by atoms with van der Waals surface area (Å²) in [7, 11) is 0. The molecule has 2 amide bonds. The number of aromatic nitrogens is 2. The molecule has 8 heteroatoms. The molecule has 0 aliphatic rings. The number of nitrogens with one attached hydrogen (secondary N) is 2. The fraction of sp³-hybridized carbons (Fsp3) is 0.217. The van der Waals surface area contributed by atoms with Gasteiger partial charge in [0.2, 0.25) is 0 Å². The van der Waals surface area contributed by atoms with Gasteiger partial charge in [-0.3, -0.25) is 15.2 Å². The number of amides is 2. The van der Waals surface area contributed by atoms with Gasteiger partial charge in [-0.1, -0.05) is 0 Å². The van der Waals surface area contributed by atoms with Crippen molar-refractivity contribution >= 4 is 29.1 Å². The summed E-state index contributed by atoms with van der Waals surface area (Å²) in [5.41, 5.74) is 8.69. The lowest BCUT2D eigenvalue weighted by Crippen LogP contribution is -2.43. The van der Waals surface area contributed by atoms with E-state index in [1.54, 1.807) is 45.2 Å². The minimum absolute atomic E-state index is 0.510. The Balaban J connectivity index is 1.77. The van der Waals surface area contributed by atoms with E-state index in [4.69, 9.17) is 10.00 Å². The van der Waals surface area contributed by atoms with E-state index >= 15 is 0 Å². The van der Waals surface area contributed by atoms with Crippen molar-refractivity contribution in [2.75, 3.05) is 0 Å². The quantitative estimate of drug-likeness (QED) is 0.498. The molecule has 3 rings (SSSR count). The number of hydrazine groups is 1. The maximum atomic E-state index is 12.0. The predicted molar refractivity (Wildman–Crippen MR) is 117 cm³/mol. The van der Waals surface area contributed by atoms with Crippen LogP contribution in [0, 0.1) is 18.3 Å². The van der Waals surface area contributed by atoms with Gasteiger partial charge >= 0.3 is 6.09 Å². The summed E-state index contributed by atoms with van der Waals surface area (Å²) in [5, 5.41) is 9.01. The summed E-state index contributed by atoms with van der Waals surface area (Å²) in [6.45, 7) is 7.16. The first-order chi connectivity index (χ1) is 14.7. The zero-order valence-corrected chi connectivity index (χ0v) is 17.8. The molecule has 2 aromatic heterocycles. The average molecular weight is 417 g/mol. The fourth-order valence-electron chi connectivity index (χ4n) is 2.97. The number of carbonyl (C=O) groups excluding carboxylic acids is 2. The third kappa shape index (κ3) is 5.48. The number of rotatable bonds is 3. The van der Waals surface area contributed by atoms with E-state index in [-0.39, 0.29) is 0 Å². The van der Waals surface area contributed by atoms with Crippen LogP contribution in [-0.2, 0) is 9.53 Å². The molecule has 1 aromatic carbocycles. The Hall–Kier alpha value is -4.12. The van der Waals surface area contributed by atoms with Crippen LogP contribution in [0.3, 0.4) is 0 Å². The van der Waals surface area contributed by atoms with E-state index in [1.807, 2.05) is 35.8 Å². The van der Waals surface area contributed by atoms with Gasteiger partial charge < -0.3 is 9.30 Å². The summed E-state index contributed by atoms with van der Waals surface area (Å²) < 4.78 is 7.08. The van der Waals surface area contributed by atoms with Crippen LogP contribution in [0.4, 0.5) is 4.79 Å². The van der Waals surface area contributed by atoms with Crippen LogP contribution < -0.4 is 10.9 Å². The zero-order chi connectivity index (χ0) is 22.6. The van der Waals surface area contributed by atoms with Gasteiger partial charge in [0.25, 0.3) is 5.91 Å². The molecule has 0 radical (unpaired) electrons. The van der Waals surface area contributed by atoms with Crippen molar-refractivity contribution in [3.63, 3.8) is 0 Å². The van der Waals surface area contributed by atoms with Crippen molar-refractivity contribution in [3.8, 4) is 11.8 Å². The minimum atomic E-state index is -0.743. The number of nitrogens with zero attached hydrogens (tertiary/aromatic N) is 3. The van der Waals surface area contributed by atoms with Gasteiger partial charge in [0, 0.05) is 23.7 Å². The zero-order valence-electron chi connectivity index (χ0n) is 17.8. The topological polar surface area (TPSA) is 109 Å². The van der Waals surface area contributed by atoms with Gasteiger partial charge in [-0.15, -0.1) is 0 Å². The van der Waals surface area contributed by atoms with Crippen LogP contribution in [0.1, 0.15) is 37.6 Å². The van der Waals surface area contributed by atoms with Gasteiger partial charge in [-0.25, -0.2) is 10.2 Å². The largest absolute Gasteiger partial charge is 0.443 e. The number of fused-ring (bicyclic) bond motifs is 1. The summed E-state index contributed by atoms with van der Waals surface area (Å²) >= 11 is 0. The first kappa shape index (κ1) is 21.6. The monoisotopic (exact) mass is 417 g/mol. The highest BCUT2D eigenvalue weighted by atomic mass is 16.6. The van der Waals surface area contributed by atoms with Crippen molar-refractivity contribution in [3.05, 3.63) is 65.5 Å². The van der Waals surface area contributed by atoms with E-state index in [1.165, 1.54) is 6.08 Å². The standard InChI is InChI=1S/C23H23N5O3/c1-15-11-19-20(28(15)18-8-5-16(13-24)6-9-18)12-17(14-25-19)7-10-21(29)26-27-22(30)31-23(2,3)4/h5-12,14H,1-4H3,(H,26,29)(H,27,30)/b10-7+. The maximum Gasteiger partial charge on any atom is 0.426 e. The van der Waals surface area contributed by atoms with E-state index in [2.05, 4.69) is 21.9 Å². The second-order valence-electron chi connectivity index (χ2n) is 7.90. The number of ether oxygens (including phenoxy) is 1. The van der Waals surface area contributed by atoms with E-state index in [0.29, 0.717) is 11.1 Å². The van der Waals surface area contributed by atoms with Crippen LogP contribution in [0.25, 0.3) is 22.8 Å². The summed E-state index contributed by atoms with van der Waals surface area (Å²) in [5.74, 6) is -0.510. The summed E-state index contributed by atoms with van der Waals surface area (Å²) in [4.78, 5) is 28.0. The normalized spacial score (nSPS) is 11.3. The molecule has 0 saturated heterocycles. The molecule has 0 spiro atoms. The van der Waals surface area contributed by atoms with Gasteiger partial charge in [-0.2, -0.15) is 5.26 Å². The molecule has 2 N–H and O–H groups in total. The number of hydrogen-bond acceptors (Lipinski definition) is 5. The summed E-state index contributed by atoms with van der Waals surface area (Å²) in [6, 6.07) is 13.3. The SMILES string of the molecule is Cc1cc2ncc(/C=C/C(=O)NNC(=O)OC(C)(C)C)cc2n1-c1ccc(C#N)cc1. The van der Waals surface area contributed by atoms with E-state index in [9.17, 15) is 9.59 Å². The molecule has 0 aliphatic carbocycles. The lowest BCUT2D eigenvalue weighted by Gasteiger charge is -2.19. The molecule has 0 saturated carbocycles. The molecule has 3 aromatic rings. The highest BCUT2D eigenvalue weighted by Crippen LogP contribution is 2.24. The van der Waals surface area contributed by atoms with Gasteiger partial charge in [0.1, 0.15) is 5.60 Å². The Morgan fingerprint density at radius 1 is 1.16 bits per heavy atom. The third-order valence-electron chi connectivity index (χ3n) is 4.23. The van der Waals surface area contributed by atoms with E-state index in [0.717, 1.165) is 22.4 Å². The molecule has 0 bridgehead atoms. The Kier molecular flexibility index (Phi) is 6.07. The molecular weight excluding hydrogens is 394 g/mol. The Bertz CT molecular complexity index is 1190. The molecule has 158 valence electrons. The van der Waals surface area contributed by atoms with Crippen LogP contribution in [0.2, 0.25) is 0 Å². The molecule has 31 heavy (non-hydrogen) atoms. The number of aryl methyl sites for hydroxylation is 1. The van der Waals surface area contributed by atoms with Crippen LogP contribution in [0.5, 0.6) is 0 Å². The second-order valence-corrected chi connectivity index (χ2v) is 7.90. The molecule has 0 aliphatic heterocycles. The van der Waals surface area contributed by atoms with Crippen molar-refractivity contribution < 1.29 is 14.3 Å². The highest BCUT2D eigenvalue weighted by molar-refractivity contribution is 5.93. The molecule has 0 fully saturated rings. The fourth-order valence-corrected chi connectivity index (χ4v) is 2.97. The maximum absolute atomic E-state index is 12.0. The first-order valence-electron chi connectivity index (χ1n) is 9.62. The highest BCUT2D eigenvalue weighted by Gasteiger charge is 2.16. The van der Waals surface area contributed by atoms with Crippen molar-refractivity contribution in [2.45, 2.75) is 33.3 Å². The molecule has 0 atom stereocenters. The Labute approximate surface area is 180 Å². The van der Waals surface area contributed by atoms with Crippen molar-refractivity contribution in [2.24, 2.45) is 0 Å². The van der Waals surface area contributed by atoms with Gasteiger partial charge in [-0.05, 0) is 75.7 Å². The van der Waals surface area contributed by atoms with Crippen molar-refractivity contribution in [1.29, 1.82) is 5.26 Å². The van der Waals surface area contributed by atoms with Crippen LogP contribution in [-0.4, -0.2) is 27.2 Å². The smallest absolute Gasteiger partial charge is 0.426 e. The Morgan fingerprint density at radius 2 is 1.87 bits per heavy atom. The summed E-state index contributed by atoms with van der Waals surface area (Å²) in [6.07, 6.45) is 3.82. The Morgan fingerprint density at radius 3 is 2.52 bits per heavy atom. The number of hydrogen-bond donors (Lipinski definition) is 2.